The quantitative estimate of drug-likeness (QED) is 0.791. The van der Waals surface area contributed by atoms with E-state index in [1.54, 1.807) is 0 Å². The van der Waals surface area contributed by atoms with Crippen LogP contribution in [0.25, 0.3) is 0 Å². The first-order valence-corrected chi connectivity index (χ1v) is 12.0. The lowest BCUT2D eigenvalue weighted by molar-refractivity contribution is 0.0137. The van der Waals surface area contributed by atoms with Gasteiger partial charge in [-0.05, 0) is 57.5 Å². The number of carbonyl (C=O) groups is 1. The van der Waals surface area contributed by atoms with Gasteiger partial charge in [0, 0.05) is 44.1 Å². The second-order valence-corrected chi connectivity index (χ2v) is 10.7. The molecule has 1 aromatic rings. The van der Waals surface area contributed by atoms with Gasteiger partial charge in [0.1, 0.15) is 5.60 Å². The summed E-state index contributed by atoms with van der Waals surface area (Å²) < 4.78 is 5.54. The SMILES string of the molecule is CC(C)(C)OC(=O)N1CCN2C(NCC3CCCN(Cc4cccs4)C3)=NCC2C1. The van der Waals surface area contributed by atoms with E-state index in [1.807, 2.05) is 37.0 Å². The molecule has 0 aliphatic carbocycles. The lowest BCUT2D eigenvalue weighted by Gasteiger charge is -2.39. The Balaban J connectivity index is 1.22. The summed E-state index contributed by atoms with van der Waals surface area (Å²) in [5.41, 5.74) is -0.454. The maximum absolute atomic E-state index is 12.4. The van der Waals surface area contributed by atoms with Crippen LogP contribution in [0.15, 0.2) is 22.5 Å². The number of nitrogens with one attached hydrogen (secondary N) is 1. The third kappa shape index (κ3) is 5.46. The van der Waals surface area contributed by atoms with Crippen LogP contribution in [-0.2, 0) is 11.3 Å². The highest BCUT2D eigenvalue weighted by Crippen LogP contribution is 2.22. The molecule has 0 saturated carbocycles. The molecule has 2 unspecified atom stereocenters. The van der Waals surface area contributed by atoms with Gasteiger partial charge in [-0.3, -0.25) is 9.89 Å². The molecule has 1 amide bonds. The number of likely N-dealkylation sites (tertiary alicyclic amines) is 1. The van der Waals surface area contributed by atoms with Gasteiger partial charge in [0.2, 0.25) is 0 Å². The molecule has 3 aliphatic rings. The van der Waals surface area contributed by atoms with Gasteiger partial charge in [-0.25, -0.2) is 4.79 Å². The summed E-state index contributed by atoms with van der Waals surface area (Å²) in [6.07, 6.45) is 2.33. The number of fused-ring (bicyclic) bond motifs is 1. The summed E-state index contributed by atoms with van der Waals surface area (Å²) in [4.78, 5) is 25.3. The van der Waals surface area contributed by atoms with E-state index in [4.69, 9.17) is 9.73 Å². The van der Waals surface area contributed by atoms with Crippen LogP contribution in [-0.4, -0.2) is 84.2 Å². The van der Waals surface area contributed by atoms with Crippen LogP contribution >= 0.6 is 11.3 Å². The van der Waals surface area contributed by atoms with Crippen molar-refractivity contribution >= 4 is 23.4 Å². The number of piperazine rings is 1. The molecule has 8 heteroatoms. The van der Waals surface area contributed by atoms with Crippen molar-refractivity contribution in [1.82, 2.24) is 20.0 Å². The Morgan fingerprint density at radius 3 is 2.93 bits per heavy atom. The Morgan fingerprint density at radius 2 is 2.17 bits per heavy atom. The van der Waals surface area contributed by atoms with Gasteiger partial charge in [0.15, 0.2) is 5.96 Å². The minimum Gasteiger partial charge on any atom is -0.444 e. The molecule has 7 nitrogen and oxygen atoms in total. The number of nitrogens with zero attached hydrogens (tertiary/aromatic N) is 4. The molecule has 4 rings (SSSR count). The minimum atomic E-state index is -0.454. The molecular weight excluding hydrogens is 398 g/mol. The zero-order chi connectivity index (χ0) is 21.1. The molecule has 0 aromatic carbocycles. The summed E-state index contributed by atoms with van der Waals surface area (Å²) in [6.45, 7) is 13.0. The van der Waals surface area contributed by atoms with Crippen molar-refractivity contribution in [3.8, 4) is 0 Å². The predicted molar refractivity (Wildman–Crippen MR) is 121 cm³/mol. The normalized spacial score (nSPS) is 25.1. The van der Waals surface area contributed by atoms with Crippen molar-refractivity contribution < 1.29 is 9.53 Å². The topological polar surface area (TPSA) is 60.4 Å². The second kappa shape index (κ2) is 9.14. The zero-order valence-corrected chi connectivity index (χ0v) is 19.3. The van der Waals surface area contributed by atoms with Crippen molar-refractivity contribution in [1.29, 1.82) is 0 Å². The van der Waals surface area contributed by atoms with E-state index in [2.05, 4.69) is 32.6 Å². The van der Waals surface area contributed by atoms with E-state index in [0.717, 1.165) is 38.7 Å². The summed E-state index contributed by atoms with van der Waals surface area (Å²) in [7, 11) is 0. The van der Waals surface area contributed by atoms with Crippen LogP contribution in [0.5, 0.6) is 0 Å². The van der Waals surface area contributed by atoms with Crippen molar-refractivity contribution in [2.75, 3.05) is 45.8 Å². The highest BCUT2D eigenvalue weighted by atomic mass is 32.1. The molecule has 0 radical (unpaired) electrons. The van der Waals surface area contributed by atoms with Crippen molar-refractivity contribution in [2.45, 2.75) is 51.8 Å². The number of amides is 1. The molecular formula is C22H35N5O2S. The lowest BCUT2D eigenvalue weighted by atomic mass is 9.98. The summed E-state index contributed by atoms with van der Waals surface area (Å²) in [5.74, 6) is 1.67. The fourth-order valence-corrected chi connectivity index (χ4v) is 5.29. The van der Waals surface area contributed by atoms with Crippen LogP contribution in [0.3, 0.4) is 0 Å². The fraction of sp³-hybridized carbons (Fsp3) is 0.727. The monoisotopic (exact) mass is 433 g/mol. The molecule has 1 N–H and O–H groups in total. The first kappa shape index (κ1) is 21.4. The molecule has 3 aliphatic heterocycles. The third-order valence-electron chi connectivity index (χ3n) is 5.97. The smallest absolute Gasteiger partial charge is 0.410 e. The lowest BCUT2D eigenvalue weighted by Crippen LogP contribution is -2.58. The molecule has 0 bridgehead atoms. The van der Waals surface area contributed by atoms with Crippen molar-refractivity contribution in [2.24, 2.45) is 10.9 Å². The van der Waals surface area contributed by atoms with E-state index < -0.39 is 5.60 Å². The third-order valence-corrected chi connectivity index (χ3v) is 6.83. The zero-order valence-electron chi connectivity index (χ0n) is 18.5. The first-order chi connectivity index (χ1) is 14.4. The number of aliphatic imine (C=N–C) groups is 1. The first-order valence-electron chi connectivity index (χ1n) is 11.1. The van der Waals surface area contributed by atoms with Crippen LogP contribution in [0.2, 0.25) is 0 Å². The van der Waals surface area contributed by atoms with Gasteiger partial charge in [0.05, 0.1) is 12.6 Å². The maximum atomic E-state index is 12.4. The van der Waals surface area contributed by atoms with Gasteiger partial charge in [0.25, 0.3) is 0 Å². The highest BCUT2D eigenvalue weighted by Gasteiger charge is 2.36. The van der Waals surface area contributed by atoms with Gasteiger partial charge < -0.3 is 19.9 Å². The Bertz CT molecular complexity index is 745. The standard InChI is InChI=1S/C22H35N5O2S/c1-22(2,3)29-21(28)26-9-10-27-18(15-26)13-24-20(27)23-12-17-6-4-8-25(14-17)16-19-7-5-11-30-19/h5,7,11,17-18H,4,6,8-10,12-16H2,1-3H3,(H,23,24). The molecule has 2 fully saturated rings. The van der Waals surface area contributed by atoms with E-state index in [0.29, 0.717) is 19.0 Å². The second-order valence-electron chi connectivity index (χ2n) is 9.64. The molecule has 30 heavy (non-hydrogen) atoms. The van der Waals surface area contributed by atoms with Gasteiger partial charge in [-0.15, -0.1) is 11.3 Å². The van der Waals surface area contributed by atoms with Gasteiger partial charge >= 0.3 is 6.09 Å². The van der Waals surface area contributed by atoms with E-state index in [1.165, 1.54) is 24.3 Å². The highest BCUT2D eigenvalue weighted by molar-refractivity contribution is 7.09. The molecule has 166 valence electrons. The summed E-state index contributed by atoms with van der Waals surface area (Å²) >= 11 is 1.85. The van der Waals surface area contributed by atoms with Crippen LogP contribution in [0.1, 0.15) is 38.5 Å². The number of hydrogen-bond acceptors (Lipinski definition) is 7. The fourth-order valence-electron chi connectivity index (χ4n) is 4.54. The number of rotatable bonds is 4. The average Bonchev–Trinajstić information content (AvgIpc) is 3.34. The summed E-state index contributed by atoms with van der Waals surface area (Å²) in [6, 6.07) is 4.63. The minimum absolute atomic E-state index is 0.211. The Hall–Kier alpha value is -1.80. The Kier molecular flexibility index (Phi) is 6.53. The number of hydrogen-bond donors (Lipinski definition) is 1. The van der Waals surface area contributed by atoms with Crippen LogP contribution < -0.4 is 5.32 Å². The number of guanidine groups is 1. The van der Waals surface area contributed by atoms with E-state index in [-0.39, 0.29) is 12.1 Å². The Morgan fingerprint density at radius 1 is 1.30 bits per heavy atom. The Labute approximate surface area is 184 Å². The number of piperidine rings is 1. The molecule has 0 spiro atoms. The molecule has 2 atom stereocenters. The number of thiophene rings is 1. The summed E-state index contributed by atoms with van der Waals surface area (Å²) in [5, 5.41) is 5.79. The van der Waals surface area contributed by atoms with E-state index in [9.17, 15) is 4.79 Å². The van der Waals surface area contributed by atoms with Crippen molar-refractivity contribution in [3.63, 3.8) is 0 Å². The maximum Gasteiger partial charge on any atom is 0.410 e. The van der Waals surface area contributed by atoms with Crippen LogP contribution in [0, 0.1) is 5.92 Å². The average molecular weight is 434 g/mol. The molecule has 4 heterocycles. The van der Waals surface area contributed by atoms with Gasteiger partial charge in [-0.1, -0.05) is 6.07 Å². The number of carbonyl (C=O) groups excluding carboxylic acids is 1. The van der Waals surface area contributed by atoms with E-state index >= 15 is 0 Å². The van der Waals surface area contributed by atoms with Gasteiger partial charge in [-0.2, -0.15) is 0 Å². The molecule has 2 saturated heterocycles. The largest absolute Gasteiger partial charge is 0.444 e. The van der Waals surface area contributed by atoms with Crippen LogP contribution in [0.4, 0.5) is 4.79 Å². The number of ether oxygens (including phenoxy) is 1. The predicted octanol–water partition coefficient (Wildman–Crippen LogP) is 2.84. The van der Waals surface area contributed by atoms with Crippen molar-refractivity contribution in [3.05, 3.63) is 22.4 Å². The molecule has 1 aromatic heterocycles.